The van der Waals surface area contributed by atoms with E-state index in [1.54, 1.807) is 37.6 Å². The van der Waals surface area contributed by atoms with Crippen LogP contribution in [0.1, 0.15) is 57.0 Å². The Morgan fingerprint density at radius 1 is 0.971 bits per heavy atom. The molecule has 5 nitrogen and oxygen atoms in total. The molecule has 0 atom stereocenters. The molecular weight excluding hydrogens is 452 g/mol. The fourth-order valence-electron chi connectivity index (χ4n) is 3.73. The number of aromatic nitrogens is 3. The van der Waals surface area contributed by atoms with Gasteiger partial charge in [-0.1, -0.05) is 62.9 Å². The first kappa shape index (κ1) is 24.8. The van der Waals surface area contributed by atoms with Crippen LogP contribution in [0.15, 0.2) is 54.9 Å². The van der Waals surface area contributed by atoms with Crippen molar-refractivity contribution in [3.05, 3.63) is 70.9 Å². The van der Waals surface area contributed by atoms with E-state index in [1.807, 2.05) is 18.2 Å². The highest BCUT2D eigenvalue weighted by Gasteiger charge is 2.26. The van der Waals surface area contributed by atoms with Crippen molar-refractivity contribution in [1.82, 2.24) is 15.0 Å². The smallest absolute Gasteiger partial charge is 0.162 e. The van der Waals surface area contributed by atoms with Crippen molar-refractivity contribution < 1.29 is 5.11 Å². The number of thiophene rings is 1. The summed E-state index contributed by atoms with van der Waals surface area (Å²) in [5.41, 5.74) is 2.70. The van der Waals surface area contributed by atoms with Crippen molar-refractivity contribution in [2.75, 3.05) is 11.9 Å². The van der Waals surface area contributed by atoms with Gasteiger partial charge in [0.2, 0.25) is 0 Å². The van der Waals surface area contributed by atoms with Crippen molar-refractivity contribution in [2.45, 2.75) is 58.5 Å². The molecule has 0 saturated carbocycles. The zero-order valence-electron chi connectivity index (χ0n) is 21.0. The highest BCUT2D eigenvalue weighted by molar-refractivity contribution is 7.20. The predicted molar refractivity (Wildman–Crippen MR) is 146 cm³/mol. The number of hydrogen-bond acceptors (Lipinski definition) is 6. The lowest BCUT2D eigenvalue weighted by Crippen LogP contribution is -2.15. The number of nitrogens with zero attached hydrogens (tertiary/aromatic N) is 3. The van der Waals surface area contributed by atoms with Gasteiger partial charge in [-0.15, -0.1) is 11.3 Å². The van der Waals surface area contributed by atoms with Gasteiger partial charge in [0.05, 0.1) is 10.3 Å². The van der Waals surface area contributed by atoms with Crippen molar-refractivity contribution in [3.63, 3.8) is 0 Å². The molecule has 3 aromatic heterocycles. The Hall–Kier alpha value is -3.27. The summed E-state index contributed by atoms with van der Waals surface area (Å²) in [5, 5.41) is 13.9. The van der Waals surface area contributed by atoms with Gasteiger partial charge in [0.15, 0.2) is 5.82 Å². The van der Waals surface area contributed by atoms with Gasteiger partial charge in [-0.05, 0) is 49.8 Å². The number of aliphatic hydroxyl groups is 1. The standard InChI is InChI=1S/C29H32N4OS/c1-28(2,3)25-22(13-16-29(4,5)34)23-24(35-25)27(31-17-9-12-20-10-7-6-8-11-20)33-26(32-23)21-14-18-30-19-15-21/h6-8,10-11,14-15,18-19,34H,9,12,17H2,1-5H3,(H,31,32,33). The molecule has 0 unspecified atom stereocenters. The lowest BCUT2D eigenvalue weighted by atomic mass is 9.91. The Labute approximate surface area is 211 Å². The Morgan fingerprint density at radius 3 is 2.34 bits per heavy atom. The summed E-state index contributed by atoms with van der Waals surface area (Å²) in [7, 11) is 0. The van der Waals surface area contributed by atoms with Crippen molar-refractivity contribution >= 4 is 27.4 Å². The number of anilines is 1. The fraction of sp³-hybridized carbons (Fsp3) is 0.345. The molecule has 2 N–H and O–H groups in total. The summed E-state index contributed by atoms with van der Waals surface area (Å²) in [5.74, 6) is 7.71. The van der Waals surface area contributed by atoms with Gasteiger partial charge < -0.3 is 10.4 Å². The van der Waals surface area contributed by atoms with Crippen LogP contribution < -0.4 is 5.32 Å². The third kappa shape index (κ3) is 6.25. The van der Waals surface area contributed by atoms with Crippen molar-refractivity contribution in [2.24, 2.45) is 0 Å². The number of rotatable bonds is 6. The summed E-state index contributed by atoms with van der Waals surface area (Å²) in [4.78, 5) is 15.2. The predicted octanol–water partition coefficient (Wildman–Crippen LogP) is 6.22. The van der Waals surface area contributed by atoms with E-state index < -0.39 is 5.60 Å². The average molecular weight is 485 g/mol. The summed E-state index contributed by atoms with van der Waals surface area (Å²) >= 11 is 1.68. The van der Waals surface area contributed by atoms with Crippen LogP contribution in [-0.4, -0.2) is 32.2 Å². The molecule has 35 heavy (non-hydrogen) atoms. The molecule has 0 aliphatic rings. The number of pyridine rings is 1. The Bertz CT molecular complexity index is 1360. The van der Waals surface area contributed by atoms with E-state index in [0.29, 0.717) is 5.82 Å². The molecule has 0 radical (unpaired) electrons. The van der Waals surface area contributed by atoms with E-state index in [2.05, 4.69) is 67.2 Å². The molecule has 0 spiro atoms. The maximum atomic E-state index is 10.3. The second kappa shape index (κ2) is 10.2. The number of aryl methyl sites for hydroxylation is 1. The summed E-state index contributed by atoms with van der Waals surface area (Å²) in [6.45, 7) is 10.7. The average Bonchev–Trinajstić information content (AvgIpc) is 3.20. The van der Waals surface area contributed by atoms with E-state index in [1.165, 1.54) is 5.56 Å². The van der Waals surface area contributed by atoms with Crippen molar-refractivity contribution in [1.29, 1.82) is 0 Å². The third-order valence-corrected chi connectivity index (χ3v) is 7.04. The van der Waals surface area contributed by atoms with Gasteiger partial charge in [-0.3, -0.25) is 4.98 Å². The molecule has 1 aromatic carbocycles. The highest BCUT2D eigenvalue weighted by atomic mass is 32.1. The van der Waals surface area contributed by atoms with Gasteiger partial charge in [-0.2, -0.15) is 0 Å². The van der Waals surface area contributed by atoms with Gasteiger partial charge in [-0.25, -0.2) is 9.97 Å². The van der Waals surface area contributed by atoms with Gasteiger partial charge in [0.1, 0.15) is 16.9 Å². The molecule has 0 fully saturated rings. The van der Waals surface area contributed by atoms with E-state index in [9.17, 15) is 5.11 Å². The van der Waals surface area contributed by atoms with Gasteiger partial charge in [0.25, 0.3) is 0 Å². The van der Waals surface area contributed by atoms with Crippen LogP contribution in [0.2, 0.25) is 0 Å². The first-order valence-corrected chi connectivity index (χ1v) is 12.7. The topological polar surface area (TPSA) is 70.9 Å². The maximum absolute atomic E-state index is 10.3. The zero-order chi connectivity index (χ0) is 25.1. The minimum Gasteiger partial charge on any atom is -0.378 e. The van der Waals surface area contributed by atoms with Gasteiger partial charge >= 0.3 is 0 Å². The lowest BCUT2D eigenvalue weighted by molar-refractivity contribution is 0.143. The molecule has 3 heterocycles. The Balaban J connectivity index is 1.79. The number of hydrogen-bond donors (Lipinski definition) is 2. The van der Waals surface area contributed by atoms with Crippen LogP contribution in [0.3, 0.4) is 0 Å². The second-order valence-electron chi connectivity index (χ2n) is 10.2. The fourth-order valence-corrected chi connectivity index (χ4v) is 4.95. The lowest BCUT2D eigenvalue weighted by Gasteiger charge is -2.17. The molecule has 0 aliphatic heterocycles. The second-order valence-corrected chi connectivity index (χ2v) is 11.2. The SMILES string of the molecule is CC(C)(O)C#Cc1c(C(C)(C)C)sc2c(NCCCc3ccccc3)nc(-c3ccncc3)nc12. The molecule has 180 valence electrons. The zero-order valence-corrected chi connectivity index (χ0v) is 21.8. The van der Waals surface area contributed by atoms with E-state index in [0.717, 1.165) is 51.4 Å². The van der Waals surface area contributed by atoms with Crippen LogP contribution in [0.4, 0.5) is 5.82 Å². The normalized spacial score (nSPS) is 11.8. The molecular formula is C29H32N4OS. The van der Waals surface area contributed by atoms with Crippen LogP contribution >= 0.6 is 11.3 Å². The first-order valence-electron chi connectivity index (χ1n) is 11.9. The minimum absolute atomic E-state index is 0.129. The van der Waals surface area contributed by atoms with E-state index in [4.69, 9.17) is 9.97 Å². The summed E-state index contributed by atoms with van der Waals surface area (Å²) < 4.78 is 0.993. The van der Waals surface area contributed by atoms with Crippen molar-refractivity contribution in [3.8, 4) is 23.2 Å². The summed E-state index contributed by atoms with van der Waals surface area (Å²) in [6, 6.07) is 14.3. The Morgan fingerprint density at radius 2 is 1.69 bits per heavy atom. The Kier molecular flexibility index (Phi) is 7.20. The van der Waals surface area contributed by atoms with Gasteiger partial charge in [0, 0.05) is 29.4 Å². The molecule has 0 aliphatic carbocycles. The molecule has 4 rings (SSSR count). The minimum atomic E-state index is -1.09. The van der Waals surface area contributed by atoms with Crippen LogP contribution in [0, 0.1) is 11.8 Å². The highest BCUT2D eigenvalue weighted by Crippen LogP contribution is 2.41. The molecule has 0 saturated heterocycles. The molecule has 6 heteroatoms. The molecule has 0 amide bonds. The largest absolute Gasteiger partial charge is 0.378 e. The van der Waals surface area contributed by atoms with E-state index >= 15 is 0 Å². The van der Waals surface area contributed by atoms with E-state index in [-0.39, 0.29) is 5.41 Å². The maximum Gasteiger partial charge on any atom is 0.162 e. The molecule has 0 bridgehead atoms. The summed E-state index contributed by atoms with van der Waals surface area (Å²) in [6.07, 6.45) is 5.49. The third-order valence-electron chi connectivity index (χ3n) is 5.42. The van der Waals surface area contributed by atoms with Crippen LogP contribution in [0.25, 0.3) is 21.6 Å². The monoisotopic (exact) mass is 484 g/mol. The first-order chi connectivity index (χ1) is 16.6. The van der Waals surface area contributed by atoms with Crippen LogP contribution in [-0.2, 0) is 11.8 Å². The number of nitrogens with one attached hydrogen (secondary N) is 1. The number of fused-ring (bicyclic) bond motifs is 1. The quantitative estimate of drug-likeness (QED) is 0.251. The molecule has 4 aromatic rings. The van der Waals surface area contributed by atoms with Crippen LogP contribution in [0.5, 0.6) is 0 Å². The number of benzene rings is 1.